The molecule has 1 aliphatic heterocycles. The second-order valence-electron chi connectivity index (χ2n) is 7.12. The van der Waals surface area contributed by atoms with Gasteiger partial charge in [-0.05, 0) is 54.8 Å². The van der Waals surface area contributed by atoms with Crippen LogP contribution in [-0.4, -0.2) is 17.8 Å². The van der Waals surface area contributed by atoms with E-state index in [2.05, 4.69) is 0 Å². The molecular weight excluding hydrogens is 386 g/mol. The van der Waals surface area contributed by atoms with Crippen LogP contribution in [0, 0.1) is 6.92 Å². The van der Waals surface area contributed by atoms with Gasteiger partial charge in [-0.3, -0.25) is 14.5 Å². The van der Waals surface area contributed by atoms with Crippen molar-refractivity contribution in [3.63, 3.8) is 0 Å². The van der Waals surface area contributed by atoms with E-state index in [9.17, 15) is 19.2 Å². The fourth-order valence-corrected chi connectivity index (χ4v) is 3.53. The van der Waals surface area contributed by atoms with Crippen LogP contribution in [0.15, 0.2) is 51.7 Å². The van der Waals surface area contributed by atoms with E-state index in [1.54, 1.807) is 18.2 Å². The summed E-state index contributed by atoms with van der Waals surface area (Å²) in [4.78, 5) is 49.2. The van der Waals surface area contributed by atoms with Gasteiger partial charge in [-0.1, -0.05) is 6.92 Å². The predicted molar refractivity (Wildman–Crippen MR) is 110 cm³/mol. The molecule has 0 N–H and O–H groups in total. The summed E-state index contributed by atoms with van der Waals surface area (Å²) in [5.41, 5.74) is 2.17. The Morgan fingerprint density at radius 3 is 2.33 bits per heavy atom. The van der Waals surface area contributed by atoms with E-state index < -0.39 is 11.6 Å². The summed E-state index contributed by atoms with van der Waals surface area (Å²) in [5.74, 6) is -0.783. The fraction of sp³-hybridized carbons (Fsp3) is 0.217. The molecule has 1 fully saturated rings. The Morgan fingerprint density at radius 1 is 1.03 bits per heavy atom. The van der Waals surface area contributed by atoms with Gasteiger partial charge in [0.15, 0.2) is 0 Å². The average molecular weight is 405 g/mol. The van der Waals surface area contributed by atoms with Crippen LogP contribution < -0.4 is 15.3 Å². The summed E-state index contributed by atoms with van der Waals surface area (Å²) in [7, 11) is 0. The third-order valence-corrected chi connectivity index (χ3v) is 5.13. The highest BCUT2D eigenvalue weighted by Crippen LogP contribution is 2.29. The lowest BCUT2D eigenvalue weighted by atomic mass is 10.1. The fourth-order valence-electron chi connectivity index (χ4n) is 3.53. The number of carbonyl (C=O) groups excluding carboxylic acids is 3. The van der Waals surface area contributed by atoms with Crippen LogP contribution in [-0.2, 0) is 16.0 Å². The molecule has 1 aromatic heterocycles. The molecule has 2 amide bonds. The van der Waals surface area contributed by atoms with Crippen molar-refractivity contribution in [2.24, 2.45) is 0 Å². The standard InChI is InChI=1S/C23H19NO6/c1-3-14-11-17-13(2)10-22(27)29-19(17)12-18(14)30-23(28)15-4-6-16(7-5-15)24-20(25)8-9-21(24)26/h4-7,10-12H,3,8-9H2,1-2H3. The van der Waals surface area contributed by atoms with Gasteiger partial charge in [-0.2, -0.15) is 0 Å². The number of ether oxygens (including phenoxy) is 1. The lowest BCUT2D eigenvalue weighted by Gasteiger charge is -2.14. The zero-order chi connectivity index (χ0) is 21.4. The van der Waals surface area contributed by atoms with Gasteiger partial charge < -0.3 is 9.15 Å². The topological polar surface area (TPSA) is 93.9 Å². The molecule has 1 aliphatic rings. The lowest BCUT2D eigenvalue weighted by molar-refractivity contribution is -0.121. The second-order valence-corrected chi connectivity index (χ2v) is 7.12. The summed E-state index contributed by atoms with van der Waals surface area (Å²) in [6.45, 7) is 3.76. The maximum absolute atomic E-state index is 12.7. The Balaban J connectivity index is 1.62. The molecular formula is C23H19NO6. The van der Waals surface area contributed by atoms with Crippen LogP contribution in [0.4, 0.5) is 5.69 Å². The zero-order valence-corrected chi connectivity index (χ0v) is 16.6. The van der Waals surface area contributed by atoms with Gasteiger partial charge in [0.25, 0.3) is 0 Å². The Bertz CT molecular complexity index is 1220. The Labute approximate surface area is 171 Å². The molecule has 0 bridgehead atoms. The third kappa shape index (κ3) is 3.50. The van der Waals surface area contributed by atoms with Gasteiger partial charge in [-0.15, -0.1) is 0 Å². The molecule has 0 unspecified atom stereocenters. The summed E-state index contributed by atoms with van der Waals surface area (Å²) < 4.78 is 10.8. The molecule has 4 rings (SSSR count). The summed E-state index contributed by atoms with van der Waals surface area (Å²) >= 11 is 0. The van der Waals surface area contributed by atoms with Crippen LogP contribution in [0.25, 0.3) is 11.0 Å². The molecule has 7 nitrogen and oxygen atoms in total. The average Bonchev–Trinajstić information content (AvgIpc) is 3.05. The first-order valence-electron chi connectivity index (χ1n) is 9.62. The van der Waals surface area contributed by atoms with Crippen molar-refractivity contribution in [1.82, 2.24) is 0 Å². The second kappa shape index (κ2) is 7.59. The number of fused-ring (bicyclic) bond motifs is 1. The Kier molecular flexibility index (Phi) is 4.95. The van der Waals surface area contributed by atoms with E-state index in [0.717, 1.165) is 21.4 Å². The number of benzene rings is 2. The molecule has 152 valence electrons. The normalized spacial score (nSPS) is 13.9. The van der Waals surface area contributed by atoms with E-state index in [1.165, 1.54) is 18.2 Å². The number of nitrogens with zero attached hydrogens (tertiary/aromatic N) is 1. The molecule has 1 saturated heterocycles. The molecule has 2 heterocycles. The highest BCUT2D eigenvalue weighted by atomic mass is 16.5. The monoisotopic (exact) mass is 405 g/mol. The predicted octanol–water partition coefficient (Wildman–Crippen LogP) is 3.54. The first-order chi connectivity index (χ1) is 14.4. The molecule has 2 aromatic carbocycles. The third-order valence-electron chi connectivity index (χ3n) is 5.13. The molecule has 30 heavy (non-hydrogen) atoms. The number of hydrogen-bond donors (Lipinski definition) is 0. The summed E-state index contributed by atoms with van der Waals surface area (Å²) in [6, 6.07) is 10.9. The lowest BCUT2D eigenvalue weighted by Crippen LogP contribution is -2.28. The van der Waals surface area contributed by atoms with Gasteiger partial charge in [0.05, 0.1) is 11.3 Å². The number of esters is 1. The minimum atomic E-state index is -0.593. The minimum absolute atomic E-state index is 0.194. The zero-order valence-electron chi connectivity index (χ0n) is 16.6. The first kappa shape index (κ1) is 19.6. The number of hydrogen-bond acceptors (Lipinski definition) is 6. The highest BCUT2D eigenvalue weighted by molar-refractivity contribution is 6.19. The largest absolute Gasteiger partial charge is 0.423 e. The van der Waals surface area contributed by atoms with Gasteiger partial charge in [0.1, 0.15) is 11.3 Å². The van der Waals surface area contributed by atoms with Gasteiger partial charge in [-0.25, -0.2) is 9.59 Å². The molecule has 3 aromatic rings. The van der Waals surface area contributed by atoms with E-state index >= 15 is 0 Å². The van der Waals surface area contributed by atoms with Crippen molar-refractivity contribution >= 4 is 34.4 Å². The molecule has 7 heteroatoms. The van der Waals surface area contributed by atoms with E-state index in [-0.39, 0.29) is 30.2 Å². The Hall–Kier alpha value is -3.74. The number of carbonyl (C=O) groups is 3. The SMILES string of the molecule is CCc1cc2c(C)cc(=O)oc2cc1OC(=O)c1ccc(N2C(=O)CCC2=O)cc1. The first-order valence-corrected chi connectivity index (χ1v) is 9.62. The van der Waals surface area contributed by atoms with Crippen molar-refractivity contribution in [3.8, 4) is 5.75 Å². The number of imide groups is 1. The molecule has 0 radical (unpaired) electrons. The van der Waals surface area contributed by atoms with E-state index in [4.69, 9.17) is 9.15 Å². The van der Waals surface area contributed by atoms with Crippen molar-refractivity contribution in [2.45, 2.75) is 33.1 Å². The van der Waals surface area contributed by atoms with Crippen LogP contribution in [0.1, 0.15) is 41.3 Å². The molecule has 0 saturated carbocycles. The smallest absolute Gasteiger partial charge is 0.343 e. The number of aryl methyl sites for hydroxylation is 2. The molecule has 0 atom stereocenters. The van der Waals surface area contributed by atoms with Crippen molar-refractivity contribution in [1.29, 1.82) is 0 Å². The van der Waals surface area contributed by atoms with Crippen molar-refractivity contribution in [3.05, 3.63) is 69.6 Å². The summed E-state index contributed by atoms with van der Waals surface area (Å²) in [5, 5.41) is 0.788. The number of amides is 2. The van der Waals surface area contributed by atoms with Crippen molar-refractivity contribution < 1.29 is 23.5 Å². The number of rotatable bonds is 4. The van der Waals surface area contributed by atoms with E-state index in [0.29, 0.717) is 23.4 Å². The maximum atomic E-state index is 12.7. The van der Waals surface area contributed by atoms with Crippen LogP contribution in [0.3, 0.4) is 0 Å². The molecule has 0 spiro atoms. The van der Waals surface area contributed by atoms with Crippen LogP contribution >= 0.6 is 0 Å². The molecule has 0 aliphatic carbocycles. The Morgan fingerprint density at radius 2 is 1.70 bits per heavy atom. The number of anilines is 1. The van der Waals surface area contributed by atoms with Gasteiger partial charge >= 0.3 is 11.6 Å². The maximum Gasteiger partial charge on any atom is 0.343 e. The van der Waals surface area contributed by atoms with Gasteiger partial charge in [0.2, 0.25) is 11.8 Å². The van der Waals surface area contributed by atoms with Crippen LogP contribution in [0.2, 0.25) is 0 Å². The quantitative estimate of drug-likeness (QED) is 0.285. The minimum Gasteiger partial charge on any atom is -0.423 e. The summed E-state index contributed by atoms with van der Waals surface area (Å²) in [6.07, 6.45) is 1.01. The van der Waals surface area contributed by atoms with Crippen molar-refractivity contribution in [2.75, 3.05) is 4.90 Å². The van der Waals surface area contributed by atoms with E-state index in [1.807, 2.05) is 19.9 Å². The highest BCUT2D eigenvalue weighted by Gasteiger charge is 2.30. The van der Waals surface area contributed by atoms with Crippen LogP contribution in [0.5, 0.6) is 5.75 Å². The van der Waals surface area contributed by atoms with Gasteiger partial charge in [0, 0.05) is 30.4 Å².